The summed E-state index contributed by atoms with van der Waals surface area (Å²) in [5.41, 5.74) is 0.662. The third kappa shape index (κ3) is 3.26. The molecule has 5 nitrogen and oxygen atoms in total. The summed E-state index contributed by atoms with van der Waals surface area (Å²) in [6.45, 7) is 4.66. The highest BCUT2D eigenvalue weighted by atomic mass is 32.2. The highest BCUT2D eigenvalue weighted by Gasteiger charge is 2.27. The number of anilines is 1. The van der Waals surface area contributed by atoms with Crippen molar-refractivity contribution in [1.82, 2.24) is 4.31 Å². The fraction of sp³-hybridized carbons (Fsp3) is 0.538. The van der Waals surface area contributed by atoms with Crippen LogP contribution in [0.5, 0.6) is 0 Å². The summed E-state index contributed by atoms with van der Waals surface area (Å²) in [5.74, 6) is 0. The molecule has 6 heteroatoms. The van der Waals surface area contributed by atoms with E-state index in [0.717, 1.165) is 6.42 Å². The lowest BCUT2D eigenvalue weighted by atomic mass is 10.3. The lowest BCUT2D eigenvalue weighted by molar-refractivity contribution is 0.148. The lowest BCUT2D eigenvalue weighted by Crippen LogP contribution is -2.33. The van der Waals surface area contributed by atoms with Gasteiger partial charge >= 0.3 is 0 Å². The fourth-order valence-corrected chi connectivity index (χ4v) is 3.76. The zero-order valence-corrected chi connectivity index (χ0v) is 11.9. The van der Waals surface area contributed by atoms with Gasteiger partial charge in [0.25, 0.3) is 0 Å². The number of hydrogen-bond donors (Lipinski definition) is 1. The molecule has 106 valence electrons. The van der Waals surface area contributed by atoms with Crippen molar-refractivity contribution in [1.29, 1.82) is 0 Å². The minimum Gasteiger partial charge on any atom is -0.384 e. The van der Waals surface area contributed by atoms with E-state index in [2.05, 4.69) is 5.32 Å². The molecule has 1 fully saturated rings. The molecule has 0 amide bonds. The van der Waals surface area contributed by atoms with E-state index in [4.69, 9.17) is 4.74 Å². The first-order valence-electron chi connectivity index (χ1n) is 6.57. The minimum atomic E-state index is -3.45. The van der Waals surface area contributed by atoms with Gasteiger partial charge in [0.1, 0.15) is 4.90 Å². The molecule has 0 radical (unpaired) electrons. The third-order valence-electron chi connectivity index (χ3n) is 3.05. The van der Waals surface area contributed by atoms with E-state index in [1.165, 1.54) is 4.31 Å². The summed E-state index contributed by atoms with van der Waals surface area (Å²) >= 11 is 0. The summed E-state index contributed by atoms with van der Waals surface area (Å²) in [6, 6.07) is 7.04. The molecule has 0 unspecified atom stereocenters. The maximum absolute atomic E-state index is 12.7. The molecule has 1 aliphatic rings. The molecule has 1 aromatic rings. The molecule has 0 bridgehead atoms. The first kappa shape index (κ1) is 14.3. The topological polar surface area (TPSA) is 58.6 Å². The van der Waals surface area contributed by atoms with Gasteiger partial charge in [-0.15, -0.1) is 0 Å². The molecule has 0 saturated carbocycles. The Morgan fingerprint density at radius 1 is 1.26 bits per heavy atom. The Morgan fingerprint density at radius 3 is 2.84 bits per heavy atom. The number of ether oxygens (including phenoxy) is 1. The summed E-state index contributed by atoms with van der Waals surface area (Å²) in [4.78, 5) is 0.346. The zero-order chi connectivity index (χ0) is 13.7. The van der Waals surface area contributed by atoms with Gasteiger partial charge < -0.3 is 10.1 Å². The Labute approximate surface area is 114 Å². The first-order chi connectivity index (χ1) is 9.16. The van der Waals surface area contributed by atoms with Crippen molar-refractivity contribution in [2.75, 3.05) is 38.2 Å². The molecule has 1 N–H and O–H groups in total. The van der Waals surface area contributed by atoms with Crippen molar-refractivity contribution < 1.29 is 13.2 Å². The van der Waals surface area contributed by atoms with E-state index in [9.17, 15) is 8.42 Å². The van der Waals surface area contributed by atoms with E-state index in [-0.39, 0.29) is 0 Å². The number of rotatable bonds is 4. The Balaban J connectivity index is 2.32. The first-order valence-corrected chi connectivity index (χ1v) is 8.01. The van der Waals surface area contributed by atoms with E-state index >= 15 is 0 Å². The van der Waals surface area contributed by atoms with Crippen molar-refractivity contribution in [2.24, 2.45) is 0 Å². The van der Waals surface area contributed by atoms with Crippen LogP contribution in [-0.4, -0.2) is 45.6 Å². The van der Waals surface area contributed by atoms with Crippen LogP contribution in [0.3, 0.4) is 0 Å². The van der Waals surface area contributed by atoms with E-state index in [1.54, 1.807) is 18.2 Å². The fourth-order valence-electron chi connectivity index (χ4n) is 2.13. The van der Waals surface area contributed by atoms with Gasteiger partial charge in [0, 0.05) is 26.2 Å². The average Bonchev–Trinajstić information content (AvgIpc) is 2.69. The highest BCUT2D eigenvalue weighted by Crippen LogP contribution is 2.24. The molecule has 19 heavy (non-hydrogen) atoms. The predicted octanol–water partition coefficient (Wildman–Crippen LogP) is 1.53. The van der Waals surface area contributed by atoms with Crippen molar-refractivity contribution in [2.45, 2.75) is 18.2 Å². The van der Waals surface area contributed by atoms with Gasteiger partial charge in [0.05, 0.1) is 12.3 Å². The second-order valence-corrected chi connectivity index (χ2v) is 6.30. The molecular weight excluding hydrogens is 264 g/mol. The molecule has 0 aromatic heterocycles. The van der Waals surface area contributed by atoms with Gasteiger partial charge in [0.2, 0.25) is 10.0 Å². The maximum Gasteiger partial charge on any atom is 0.245 e. The second-order valence-electron chi connectivity index (χ2n) is 4.40. The van der Waals surface area contributed by atoms with Crippen molar-refractivity contribution >= 4 is 15.7 Å². The monoisotopic (exact) mass is 284 g/mol. The molecule has 1 heterocycles. The van der Waals surface area contributed by atoms with Crippen LogP contribution in [0, 0.1) is 0 Å². The van der Waals surface area contributed by atoms with Gasteiger partial charge in [-0.05, 0) is 25.5 Å². The smallest absolute Gasteiger partial charge is 0.245 e. The SMILES string of the molecule is CCNc1ccccc1S(=O)(=O)N1CCCOCC1. The minimum absolute atomic E-state index is 0.346. The number of hydrogen-bond acceptors (Lipinski definition) is 4. The van der Waals surface area contributed by atoms with Crippen molar-refractivity contribution in [3.63, 3.8) is 0 Å². The van der Waals surface area contributed by atoms with Crippen LogP contribution in [-0.2, 0) is 14.8 Å². The largest absolute Gasteiger partial charge is 0.384 e. The molecule has 2 rings (SSSR count). The second kappa shape index (κ2) is 6.36. The summed E-state index contributed by atoms with van der Waals surface area (Å²) in [7, 11) is -3.45. The number of sulfonamides is 1. The van der Waals surface area contributed by atoms with Gasteiger partial charge in [-0.3, -0.25) is 0 Å². The molecular formula is C13H20N2O3S. The molecule has 0 aliphatic carbocycles. The van der Waals surface area contributed by atoms with Gasteiger partial charge in [0.15, 0.2) is 0 Å². The zero-order valence-electron chi connectivity index (χ0n) is 11.1. The highest BCUT2D eigenvalue weighted by molar-refractivity contribution is 7.89. The predicted molar refractivity (Wildman–Crippen MR) is 74.8 cm³/mol. The van der Waals surface area contributed by atoms with Gasteiger partial charge in [-0.2, -0.15) is 4.31 Å². The summed E-state index contributed by atoms with van der Waals surface area (Å²) in [6.07, 6.45) is 0.739. The summed E-state index contributed by atoms with van der Waals surface area (Å²) < 4.78 is 32.2. The van der Waals surface area contributed by atoms with Crippen LogP contribution in [0.2, 0.25) is 0 Å². The Bertz CT molecular complexity index is 508. The van der Waals surface area contributed by atoms with Crippen molar-refractivity contribution in [3.05, 3.63) is 24.3 Å². The van der Waals surface area contributed by atoms with Crippen LogP contribution in [0.4, 0.5) is 5.69 Å². The lowest BCUT2D eigenvalue weighted by Gasteiger charge is -2.21. The number of benzene rings is 1. The van der Waals surface area contributed by atoms with Crippen LogP contribution in [0.25, 0.3) is 0 Å². The van der Waals surface area contributed by atoms with Crippen LogP contribution in [0.1, 0.15) is 13.3 Å². The Kier molecular flexibility index (Phi) is 4.79. The summed E-state index contributed by atoms with van der Waals surface area (Å²) in [5, 5.41) is 3.10. The normalized spacial score (nSPS) is 17.9. The quantitative estimate of drug-likeness (QED) is 0.911. The van der Waals surface area contributed by atoms with Crippen LogP contribution < -0.4 is 5.32 Å². The number of nitrogens with zero attached hydrogens (tertiary/aromatic N) is 1. The number of para-hydroxylation sites is 1. The Morgan fingerprint density at radius 2 is 2.05 bits per heavy atom. The molecule has 0 spiro atoms. The van der Waals surface area contributed by atoms with Gasteiger partial charge in [-0.25, -0.2) is 8.42 Å². The molecule has 1 aromatic carbocycles. The molecule has 1 saturated heterocycles. The van der Waals surface area contributed by atoms with Crippen LogP contribution >= 0.6 is 0 Å². The van der Waals surface area contributed by atoms with Crippen molar-refractivity contribution in [3.8, 4) is 0 Å². The van der Waals surface area contributed by atoms with Crippen LogP contribution in [0.15, 0.2) is 29.2 Å². The molecule has 1 aliphatic heterocycles. The Hall–Kier alpha value is -1.11. The number of nitrogens with one attached hydrogen (secondary N) is 1. The average molecular weight is 284 g/mol. The third-order valence-corrected chi connectivity index (χ3v) is 5.01. The van der Waals surface area contributed by atoms with Gasteiger partial charge in [-0.1, -0.05) is 12.1 Å². The van der Waals surface area contributed by atoms with E-state index in [0.29, 0.717) is 43.4 Å². The standard InChI is InChI=1S/C13H20N2O3S/c1-2-14-12-6-3-4-7-13(12)19(16,17)15-8-5-10-18-11-9-15/h3-4,6-7,14H,2,5,8-11H2,1H3. The maximum atomic E-state index is 12.7. The van der Waals surface area contributed by atoms with E-state index in [1.807, 2.05) is 13.0 Å². The van der Waals surface area contributed by atoms with E-state index < -0.39 is 10.0 Å². The molecule has 0 atom stereocenters.